The van der Waals surface area contributed by atoms with E-state index in [0.29, 0.717) is 12.4 Å². The first-order valence-electron chi connectivity index (χ1n) is 7.97. The lowest BCUT2D eigenvalue weighted by Crippen LogP contribution is -2.32. The van der Waals surface area contributed by atoms with Crippen LogP contribution in [-0.4, -0.2) is 33.2 Å². The number of aromatic nitrogens is 1. The van der Waals surface area contributed by atoms with Crippen molar-refractivity contribution in [1.29, 1.82) is 0 Å². The van der Waals surface area contributed by atoms with Crippen LogP contribution in [0, 0.1) is 0 Å². The standard InChI is InChI=1S/C19H18N2O5/c20-16(19(24)25)7-13-9-21-17-8-14(5-6-15(13)17)26-10-11-1-3-12(4-2-11)18(22)23/h1-6,8-9,16,21H,7,10,20H2,(H,22,23)(H,24,25)/t16-/m0/s1. The molecule has 2 aromatic carbocycles. The smallest absolute Gasteiger partial charge is 0.335 e. The van der Waals surface area contributed by atoms with Crippen LogP contribution in [0.25, 0.3) is 10.9 Å². The molecule has 1 aromatic heterocycles. The van der Waals surface area contributed by atoms with E-state index in [1.54, 1.807) is 24.4 Å². The highest BCUT2D eigenvalue weighted by Gasteiger charge is 2.15. The van der Waals surface area contributed by atoms with Crippen LogP contribution in [0.5, 0.6) is 5.75 Å². The number of aromatic amines is 1. The van der Waals surface area contributed by atoms with Crippen LogP contribution < -0.4 is 10.5 Å². The average molecular weight is 354 g/mol. The highest BCUT2D eigenvalue weighted by molar-refractivity contribution is 5.87. The van der Waals surface area contributed by atoms with Crippen molar-refractivity contribution in [2.75, 3.05) is 0 Å². The van der Waals surface area contributed by atoms with Gasteiger partial charge in [0, 0.05) is 29.6 Å². The molecule has 1 heterocycles. The molecule has 3 rings (SSSR count). The lowest BCUT2D eigenvalue weighted by Gasteiger charge is -2.08. The molecule has 7 nitrogen and oxygen atoms in total. The number of nitrogens with one attached hydrogen (secondary N) is 1. The molecule has 5 N–H and O–H groups in total. The number of hydrogen-bond acceptors (Lipinski definition) is 4. The summed E-state index contributed by atoms with van der Waals surface area (Å²) in [5.41, 5.74) is 8.35. The second-order valence-electron chi connectivity index (χ2n) is 5.96. The van der Waals surface area contributed by atoms with Crippen molar-refractivity contribution < 1.29 is 24.5 Å². The maximum absolute atomic E-state index is 10.9. The van der Waals surface area contributed by atoms with Gasteiger partial charge in [-0.25, -0.2) is 4.79 Å². The van der Waals surface area contributed by atoms with Crippen molar-refractivity contribution in [3.63, 3.8) is 0 Å². The van der Waals surface area contributed by atoms with Crippen molar-refractivity contribution in [2.45, 2.75) is 19.1 Å². The molecule has 26 heavy (non-hydrogen) atoms. The lowest BCUT2D eigenvalue weighted by atomic mass is 10.1. The minimum absolute atomic E-state index is 0.230. The van der Waals surface area contributed by atoms with Gasteiger partial charge in [-0.05, 0) is 35.4 Å². The first-order valence-corrected chi connectivity index (χ1v) is 7.97. The Morgan fingerprint density at radius 3 is 2.50 bits per heavy atom. The Kier molecular flexibility index (Phi) is 4.90. The first-order chi connectivity index (χ1) is 12.4. The first kappa shape index (κ1) is 17.5. The summed E-state index contributed by atoms with van der Waals surface area (Å²) in [6.07, 6.45) is 1.99. The summed E-state index contributed by atoms with van der Waals surface area (Å²) >= 11 is 0. The van der Waals surface area contributed by atoms with Crippen LogP contribution in [-0.2, 0) is 17.8 Å². The molecule has 0 bridgehead atoms. The summed E-state index contributed by atoms with van der Waals surface area (Å²) in [5.74, 6) is -1.35. The van der Waals surface area contributed by atoms with E-state index in [0.717, 1.165) is 22.0 Å². The number of fused-ring (bicyclic) bond motifs is 1. The minimum Gasteiger partial charge on any atom is -0.489 e. The highest BCUT2D eigenvalue weighted by Crippen LogP contribution is 2.24. The van der Waals surface area contributed by atoms with Gasteiger partial charge in [0.1, 0.15) is 18.4 Å². The molecule has 0 aliphatic carbocycles. The third kappa shape index (κ3) is 3.84. The number of hydrogen-bond donors (Lipinski definition) is 4. The molecule has 134 valence electrons. The molecule has 0 saturated heterocycles. The zero-order valence-electron chi connectivity index (χ0n) is 13.8. The Hall–Kier alpha value is -3.32. The largest absolute Gasteiger partial charge is 0.489 e. The minimum atomic E-state index is -1.03. The van der Waals surface area contributed by atoms with Gasteiger partial charge in [0.05, 0.1) is 5.56 Å². The predicted molar refractivity (Wildman–Crippen MR) is 95.3 cm³/mol. The quantitative estimate of drug-likeness (QED) is 0.516. The zero-order valence-corrected chi connectivity index (χ0v) is 13.8. The summed E-state index contributed by atoms with van der Waals surface area (Å²) in [5, 5.41) is 18.7. The van der Waals surface area contributed by atoms with E-state index < -0.39 is 18.0 Å². The molecule has 0 spiro atoms. The van der Waals surface area contributed by atoms with Crippen molar-refractivity contribution >= 4 is 22.8 Å². The molecular weight excluding hydrogens is 336 g/mol. The monoisotopic (exact) mass is 354 g/mol. The zero-order chi connectivity index (χ0) is 18.7. The van der Waals surface area contributed by atoms with E-state index in [2.05, 4.69) is 4.98 Å². The number of H-pyrrole nitrogens is 1. The Labute approximate surface area is 149 Å². The summed E-state index contributed by atoms with van der Waals surface area (Å²) < 4.78 is 5.74. The number of rotatable bonds is 7. The number of ether oxygens (including phenoxy) is 1. The van der Waals surface area contributed by atoms with Crippen molar-refractivity contribution in [3.05, 3.63) is 65.4 Å². The number of aromatic carboxylic acids is 1. The molecule has 0 saturated carbocycles. The van der Waals surface area contributed by atoms with Gasteiger partial charge < -0.3 is 25.7 Å². The summed E-state index contributed by atoms with van der Waals surface area (Å²) in [6.45, 7) is 0.308. The molecule has 0 fully saturated rings. The van der Waals surface area contributed by atoms with Gasteiger partial charge in [-0.2, -0.15) is 0 Å². The van der Waals surface area contributed by atoms with E-state index in [1.165, 1.54) is 12.1 Å². The van der Waals surface area contributed by atoms with E-state index in [1.807, 2.05) is 12.1 Å². The Balaban J connectivity index is 1.69. The molecule has 0 aliphatic heterocycles. The predicted octanol–water partition coefficient (Wildman–Crippen LogP) is 2.40. The van der Waals surface area contributed by atoms with Gasteiger partial charge in [-0.3, -0.25) is 4.79 Å². The van der Waals surface area contributed by atoms with Gasteiger partial charge in [0.15, 0.2) is 0 Å². The van der Waals surface area contributed by atoms with Gasteiger partial charge in [0.25, 0.3) is 0 Å². The van der Waals surface area contributed by atoms with E-state index >= 15 is 0 Å². The van der Waals surface area contributed by atoms with Gasteiger partial charge in [-0.15, -0.1) is 0 Å². The Morgan fingerprint density at radius 1 is 1.12 bits per heavy atom. The fourth-order valence-corrected chi connectivity index (χ4v) is 2.66. The number of benzene rings is 2. The summed E-state index contributed by atoms with van der Waals surface area (Å²) in [4.78, 5) is 24.9. The Bertz CT molecular complexity index is 946. The molecule has 0 radical (unpaired) electrons. The second-order valence-corrected chi connectivity index (χ2v) is 5.96. The molecule has 0 amide bonds. The second kappa shape index (κ2) is 7.28. The average Bonchev–Trinajstić information content (AvgIpc) is 3.02. The fraction of sp³-hybridized carbons (Fsp3) is 0.158. The molecular formula is C19H18N2O5. The van der Waals surface area contributed by atoms with Crippen LogP contribution in [0.15, 0.2) is 48.7 Å². The van der Waals surface area contributed by atoms with Crippen molar-refractivity contribution in [2.24, 2.45) is 5.73 Å². The molecule has 7 heteroatoms. The van der Waals surface area contributed by atoms with Gasteiger partial charge >= 0.3 is 11.9 Å². The van der Waals surface area contributed by atoms with Crippen LogP contribution in [0.3, 0.4) is 0 Å². The van der Waals surface area contributed by atoms with Gasteiger partial charge in [0.2, 0.25) is 0 Å². The third-order valence-corrected chi connectivity index (χ3v) is 4.10. The number of carboxylic acids is 2. The van der Waals surface area contributed by atoms with E-state index in [-0.39, 0.29) is 12.0 Å². The topological polar surface area (TPSA) is 126 Å². The maximum Gasteiger partial charge on any atom is 0.335 e. The van der Waals surface area contributed by atoms with E-state index in [9.17, 15) is 9.59 Å². The van der Waals surface area contributed by atoms with Crippen molar-refractivity contribution in [3.8, 4) is 5.75 Å². The van der Waals surface area contributed by atoms with Crippen LogP contribution in [0.4, 0.5) is 0 Å². The van der Waals surface area contributed by atoms with Crippen LogP contribution >= 0.6 is 0 Å². The number of carbonyl (C=O) groups is 2. The SMILES string of the molecule is N[C@@H](Cc1c[nH]c2cc(OCc3ccc(C(=O)O)cc3)ccc12)C(=O)O. The Morgan fingerprint density at radius 2 is 1.85 bits per heavy atom. The maximum atomic E-state index is 10.9. The van der Waals surface area contributed by atoms with E-state index in [4.69, 9.17) is 20.7 Å². The molecule has 3 aromatic rings. The number of nitrogens with two attached hydrogens (primary N) is 1. The third-order valence-electron chi connectivity index (χ3n) is 4.10. The highest BCUT2D eigenvalue weighted by atomic mass is 16.5. The van der Waals surface area contributed by atoms with Crippen LogP contribution in [0.2, 0.25) is 0 Å². The molecule has 1 atom stereocenters. The molecule has 0 aliphatic rings. The van der Waals surface area contributed by atoms with Crippen molar-refractivity contribution in [1.82, 2.24) is 4.98 Å². The normalized spacial score (nSPS) is 12.0. The lowest BCUT2D eigenvalue weighted by molar-refractivity contribution is -0.138. The van der Waals surface area contributed by atoms with Crippen LogP contribution in [0.1, 0.15) is 21.5 Å². The van der Waals surface area contributed by atoms with Gasteiger partial charge in [-0.1, -0.05) is 12.1 Å². The number of aliphatic carboxylic acids is 1. The summed E-state index contributed by atoms with van der Waals surface area (Å²) in [6, 6.07) is 11.0. The molecule has 0 unspecified atom stereocenters. The fourth-order valence-electron chi connectivity index (χ4n) is 2.66. The number of carboxylic acid groups (broad SMARTS) is 2. The summed E-state index contributed by atoms with van der Waals surface area (Å²) in [7, 11) is 0.